The monoisotopic (exact) mass is 228 g/mol. The van der Waals surface area contributed by atoms with Crippen molar-refractivity contribution < 1.29 is 4.79 Å². The number of hydrogen-bond acceptors (Lipinski definition) is 3. The zero-order valence-electron chi connectivity index (χ0n) is 9.90. The maximum Gasteiger partial charge on any atom is 0.261 e. The first-order chi connectivity index (χ1) is 8.04. The quantitative estimate of drug-likeness (QED) is 0.602. The summed E-state index contributed by atoms with van der Waals surface area (Å²) in [5, 5.41) is 20.1. The summed E-state index contributed by atoms with van der Waals surface area (Å²) >= 11 is 0. The van der Waals surface area contributed by atoms with Gasteiger partial charge in [0.05, 0.1) is 0 Å². The summed E-state index contributed by atoms with van der Waals surface area (Å²) in [6.07, 6.45) is 1.48. The molecule has 5 nitrogen and oxygen atoms in total. The van der Waals surface area contributed by atoms with E-state index < -0.39 is 5.91 Å². The lowest BCUT2D eigenvalue weighted by Crippen LogP contribution is -2.19. The molecule has 0 aliphatic rings. The van der Waals surface area contributed by atoms with Crippen LogP contribution in [0.2, 0.25) is 0 Å². The Labute approximate surface area is 99.6 Å². The predicted octanol–water partition coefficient (Wildman–Crippen LogP) is 0.858. The van der Waals surface area contributed by atoms with Crippen LogP contribution in [0, 0.1) is 29.6 Å². The van der Waals surface area contributed by atoms with Crippen LogP contribution >= 0.6 is 0 Å². The van der Waals surface area contributed by atoms with Crippen LogP contribution < -0.4 is 5.32 Å². The normalized spacial score (nSPS) is 10.5. The minimum absolute atomic E-state index is 0.0192. The lowest BCUT2D eigenvalue weighted by molar-refractivity contribution is -0.116. The Bertz CT molecular complexity index is 567. The summed E-state index contributed by atoms with van der Waals surface area (Å²) in [4.78, 5) is 11.3. The van der Waals surface area contributed by atoms with E-state index in [1.54, 1.807) is 17.7 Å². The van der Waals surface area contributed by atoms with Crippen LogP contribution in [-0.4, -0.2) is 17.5 Å². The highest BCUT2D eigenvalue weighted by atomic mass is 16.1. The zero-order chi connectivity index (χ0) is 13.0. The van der Waals surface area contributed by atoms with E-state index in [1.807, 2.05) is 19.1 Å². The highest BCUT2D eigenvalue weighted by Crippen LogP contribution is 2.16. The molecular formula is C12H12N4O. The summed E-state index contributed by atoms with van der Waals surface area (Å²) in [6, 6.07) is 5.52. The number of carbonyl (C=O) groups excluding carboxylic acids is 1. The van der Waals surface area contributed by atoms with Crippen molar-refractivity contribution in [1.82, 2.24) is 9.88 Å². The van der Waals surface area contributed by atoms with Crippen molar-refractivity contribution in [1.29, 1.82) is 10.5 Å². The molecule has 0 saturated carbocycles. The molecule has 0 spiro atoms. The molecule has 0 aromatic carbocycles. The fourth-order valence-electron chi connectivity index (χ4n) is 1.42. The standard InChI is InChI=1S/C12H12N4O/c1-8-9(5-11(7-14)16(8)3)4-10(6-13)12(17)15-2/h4-5H,1-3H3,(H,15,17)/b10-4+. The van der Waals surface area contributed by atoms with E-state index in [2.05, 4.69) is 5.32 Å². The van der Waals surface area contributed by atoms with Gasteiger partial charge in [-0.25, -0.2) is 0 Å². The average molecular weight is 228 g/mol. The third kappa shape index (κ3) is 2.35. The molecule has 0 fully saturated rings. The first-order valence-electron chi connectivity index (χ1n) is 4.95. The van der Waals surface area contributed by atoms with E-state index in [9.17, 15) is 4.79 Å². The van der Waals surface area contributed by atoms with Gasteiger partial charge in [-0.05, 0) is 24.6 Å². The first-order valence-corrected chi connectivity index (χ1v) is 4.95. The fraction of sp³-hybridized carbons (Fsp3) is 0.250. The first kappa shape index (κ1) is 12.5. The molecule has 1 rings (SSSR count). The Morgan fingerprint density at radius 1 is 1.53 bits per heavy atom. The number of nitrogens with zero attached hydrogens (tertiary/aromatic N) is 3. The van der Waals surface area contributed by atoms with E-state index in [4.69, 9.17) is 10.5 Å². The molecule has 0 unspecified atom stereocenters. The number of hydrogen-bond donors (Lipinski definition) is 1. The van der Waals surface area contributed by atoms with Gasteiger partial charge in [0.15, 0.2) is 0 Å². The topological polar surface area (TPSA) is 81.6 Å². The molecule has 0 aliphatic carbocycles. The van der Waals surface area contributed by atoms with Crippen molar-refractivity contribution in [2.24, 2.45) is 7.05 Å². The summed E-state index contributed by atoms with van der Waals surface area (Å²) < 4.78 is 1.71. The molecule has 86 valence electrons. The molecule has 0 atom stereocenters. The Balaban J connectivity index is 3.28. The van der Waals surface area contributed by atoms with Gasteiger partial charge in [0.25, 0.3) is 5.91 Å². The molecular weight excluding hydrogens is 216 g/mol. The van der Waals surface area contributed by atoms with Crippen molar-refractivity contribution in [3.63, 3.8) is 0 Å². The van der Waals surface area contributed by atoms with Crippen LogP contribution in [0.5, 0.6) is 0 Å². The van der Waals surface area contributed by atoms with Gasteiger partial charge < -0.3 is 9.88 Å². The molecule has 0 saturated heterocycles. The van der Waals surface area contributed by atoms with Gasteiger partial charge >= 0.3 is 0 Å². The molecule has 1 amide bonds. The van der Waals surface area contributed by atoms with Crippen LogP contribution in [0.15, 0.2) is 11.6 Å². The highest BCUT2D eigenvalue weighted by Gasteiger charge is 2.11. The van der Waals surface area contributed by atoms with Gasteiger partial charge in [0, 0.05) is 19.8 Å². The second kappa shape index (κ2) is 5.00. The molecule has 1 aromatic heterocycles. The summed E-state index contributed by atoms with van der Waals surface area (Å²) in [7, 11) is 3.23. The predicted molar refractivity (Wildman–Crippen MR) is 62.5 cm³/mol. The molecule has 1 N–H and O–H groups in total. The molecule has 17 heavy (non-hydrogen) atoms. The highest BCUT2D eigenvalue weighted by molar-refractivity contribution is 6.01. The van der Waals surface area contributed by atoms with E-state index >= 15 is 0 Å². The Morgan fingerprint density at radius 2 is 2.18 bits per heavy atom. The number of rotatable bonds is 2. The van der Waals surface area contributed by atoms with Crippen LogP contribution in [0.25, 0.3) is 6.08 Å². The number of nitrogens with one attached hydrogen (secondary N) is 1. The Hall–Kier alpha value is -2.53. The van der Waals surface area contributed by atoms with Gasteiger partial charge in [-0.15, -0.1) is 0 Å². The largest absolute Gasteiger partial charge is 0.354 e. The van der Waals surface area contributed by atoms with Gasteiger partial charge in [0.2, 0.25) is 0 Å². The summed E-state index contributed by atoms with van der Waals surface area (Å²) in [5.41, 5.74) is 2.04. The average Bonchev–Trinajstić information content (AvgIpc) is 2.62. The van der Waals surface area contributed by atoms with E-state index in [0.717, 1.165) is 5.69 Å². The van der Waals surface area contributed by atoms with Gasteiger partial charge in [-0.2, -0.15) is 10.5 Å². The molecule has 0 radical (unpaired) electrons. The van der Waals surface area contributed by atoms with Gasteiger partial charge in [-0.1, -0.05) is 0 Å². The minimum atomic E-state index is -0.436. The van der Waals surface area contributed by atoms with Crippen LogP contribution in [0.4, 0.5) is 0 Å². The minimum Gasteiger partial charge on any atom is -0.354 e. The smallest absolute Gasteiger partial charge is 0.261 e. The van der Waals surface area contributed by atoms with Gasteiger partial charge in [0.1, 0.15) is 23.4 Å². The lowest BCUT2D eigenvalue weighted by Gasteiger charge is -1.99. The number of carbonyl (C=O) groups is 1. The molecule has 1 aromatic rings. The van der Waals surface area contributed by atoms with E-state index in [1.165, 1.54) is 13.1 Å². The maximum absolute atomic E-state index is 11.3. The fourth-order valence-corrected chi connectivity index (χ4v) is 1.42. The lowest BCUT2D eigenvalue weighted by atomic mass is 10.1. The van der Waals surface area contributed by atoms with Crippen molar-refractivity contribution in [3.05, 3.63) is 28.6 Å². The third-order valence-electron chi connectivity index (χ3n) is 2.58. The number of likely N-dealkylation sites (N-methyl/N-ethyl adjacent to an activating group) is 1. The van der Waals surface area contributed by atoms with Crippen LogP contribution in [-0.2, 0) is 11.8 Å². The molecule has 1 heterocycles. The maximum atomic E-state index is 11.3. The molecule has 0 bridgehead atoms. The zero-order valence-corrected chi connectivity index (χ0v) is 9.90. The number of aromatic nitrogens is 1. The Morgan fingerprint density at radius 3 is 2.59 bits per heavy atom. The Kier molecular flexibility index (Phi) is 3.69. The third-order valence-corrected chi connectivity index (χ3v) is 2.58. The number of nitriles is 2. The van der Waals surface area contributed by atoms with E-state index in [-0.39, 0.29) is 5.57 Å². The second-order valence-corrected chi connectivity index (χ2v) is 3.49. The summed E-state index contributed by atoms with van der Waals surface area (Å²) in [5.74, 6) is -0.436. The van der Waals surface area contributed by atoms with Crippen molar-refractivity contribution >= 4 is 12.0 Å². The second-order valence-electron chi connectivity index (χ2n) is 3.49. The van der Waals surface area contributed by atoms with Crippen LogP contribution in [0.3, 0.4) is 0 Å². The van der Waals surface area contributed by atoms with Crippen molar-refractivity contribution in [2.75, 3.05) is 7.05 Å². The number of amides is 1. The van der Waals surface area contributed by atoms with E-state index in [0.29, 0.717) is 11.3 Å². The van der Waals surface area contributed by atoms with Crippen molar-refractivity contribution in [3.8, 4) is 12.1 Å². The SMILES string of the molecule is CNC(=O)/C(C#N)=C/c1cc(C#N)n(C)c1C. The molecule has 5 heteroatoms. The van der Waals surface area contributed by atoms with Gasteiger partial charge in [-0.3, -0.25) is 4.79 Å². The van der Waals surface area contributed by atoms with Crippen molar-refractivity contribution in [2.45, 2.75) is 6.92 Å². The van der Waals surface area contributed by atoms with Crippen LogP contribution in [0.1, 0.15) is 17.0 Å². The molecule has 0 aliphatic heterocycles. The summed E-state index contributed by atoms with van der Waals surface area (Å²) in [6.45, 7) is 1.82.